The highest BCUT2D eigenvalue weighted by Crippen LogP contribution is 2.16. The predicted octanol–water partition coefficient (Wildman–Crippen LogP) is 2.72. The molecule has 1 amide bonds. The summed E-state index contributed by atoms with van der Waals surface area (Å²) >= 11 is 0. The summed E-state index contributed by atoms with van der Waals surface area (Å²) < 4.78 is 0. The molecule has 6 heteroatoms. The molecule has 1 heterocycles. The van der Waals surface area contributed by atoms with Crippen LogP contribution in [0, 0.1) is 0 Å². The number of aromatic amines is 1. The van der Waals surface area contributed by atoms with Crippen molar-refractivity contribution in [2.24, 2.45) is 0 Å². The highest BCUT2D eigenvalue weighted by molar-refractivity contribution is 5.90. The number of aliphatic hydroxyl groups excluding tert-OH is 1. The third-order valence-electron chi connectivity index (χ3n) is 4.62. The number of hydroxylamine groups is 1. The number of carbonyl (C=O) groups excluding carboxylic acids is 1. The fraction of sp³-hybridized carbons (Fsp3) is 0.227. The lowest BCUT2D eigenvalue weighted by molar-refractivity contribution is -0.124. The molecule has 28 heavy (non-hydrogen) atoms. The molecule has 0 aliphatic rings. The summed E-state index contributed by atoms with van der Waals surface area (Å²) in [6.07, 6.45) is 3.79. The first-order valence-corrected chi connectivity index (χ1v) is 9.29. The molecule has 0 atom stereocenters. The largest absolute Gasteiger partial charge is 0.395 e. The first-order chi connectivity index (χ1) is 13.7. The molecule has 0 spiro atoms. The fourth-order valence-electron chi connectivity index (χ4n) is 3.16. The van der Waals surface area contributed by atoms with Gasteiger partial charge in [-0.25, -0.2) is 5.48 Å². The summed E-state index contributed by atoms with van der Waals surface area (Å²) in [5.41, 5.74) is 5.90. The van der Waals surface area contributed by atoms with E-state index in [1.807, 2.05) is 36.4 Å². The Morgan fingerprint density at radius 1 is 1.11 bits per heavy atom. The van der Waals surface area contributed by atoms with E-state index in [1.54, 1.807) is 11.6 Å². The Bertz CT molecular complexity index is 899. The zero-order valence-corrected chi connectivity index (χ0v) is 15.6. The number of aromatic nitrogens is 1. The van der Waals surface area contributed by atoms with Crippen molar-refractivity contribution in [3.05, 3.63) is 77.5 Å². The summed E-state index contributed by atoms with van der Waals surface area (Å²) in [5, 5.41) is 19.1. The van der Waals surface area contributed by atoms with Crippen LogP contribution in [0.3, 0.4) is 0 Å². The van der Waals surface area contributed by atoms with E-state index in [0.717, 1.165) is 36.2 Å². The summed E-state index contributed by atoms with van der Waals surface area (Å²) in [7, 11) is 0. The van der Waals surface area contributed by atoms with Gasteiger partial charge in [0.05, 0.1) is 6.61 Å². The molecule has 0 radical (unpaired) electrons. The number of amides is 1. The summed E-state index contributed by atoms with van der Waals surface area (Å²) in [5.74, 6) is -0.560. The summed E-state index contributed by atoms with van der Waals surface area (Å²) in [6.45, 7) is 2.30. The number of aliphatic hydroxyl groups is 1. The molecular weight excluding hydrogens is 354 g/mol. The maximum Gasteiger partial charge on any atom is 0.267 e. The number of para-hydroxylation sites is 1. The minimum atomic E-state index is -0.560. The zero-order chi connectivity index (χ0) is 19.8. The molecule has 0 bridgehead atoms. The number of fused-ring (bicyclic) bond motifs is 1. The van der Waals surface area contributed by atoms with E-state index in [2.05, 4.69) is 28.1 Å². The molecule has 1 aromatic heterocycles. The predicted molar refractivity (Wildman–Crippen MR) is 110 cm³/mol. The van der Waals surface area contributed by atoms with Crippen molar-refractivity contribution in [3.8, 4) is 0 Å². The Morgan fingerprint density at radius 3 is 2.61 bits per heavy atom. The van der Waals surface area contributed by atoms with E-state index in [0.29, 0.717) is 6.54 Å². The SMILES string of the molecule is O=C(C=Cc1ccc(CN(CCO)CCc2cc3ccccc3[nH]2)cc1)NO. The quantitative estimate of drug-likeness (QED) is 0.261. The van der Waals surface area contributed by atoms with Crippen molar-refractivity contribution >= 4 is 22.9 Å². The van der Waals surface area contributed by atoms with Crippen molar-refractivity contribution in [1.82, 2.24) is 15.4 Å². The maximum atomic E-state index is 11.0. The average Bonchev–Trinajstić information content (AvgIpc) is 3.14. The highest BCUT2D eigenvalue weighted by atomic mass is 16.5. The van der Waals surface area contributed by atoms with Crippen LogP contribution in [0.15, 0.2) is 60.7 Å². The number of H-pyrrole nitrogens is 1. The first-order valence-electron chi connectivity index (χ1n) is 9.29. The van der Waals surface area contributed by atoms with Crippen molar-refractivity contribution in [2.75, 3.05) is 19.7 Å². The molecule has 3 rings (SSSR count). The molecule has 6 nitrogen and oxygen atoms in total. The first kappa shape index (κ1) is 19.8. The van der Waals surface area contributed by atoms with E-state index >= 15 is 0 Å². The molecule has 3 aromatic rings. The van der Waals surface area contributed by atoms with Gasteiger partial charge in [-0.3, -0.25) is 14.9 Å². The number of benzene rings is 2. The average molecular weight is 379 g/mol. The van der Waals surface area contributed by atoms with Crippen molar-refractivity contribution in [3.63, 3.8) is 0 Å². The van der Waals surface area contributed by atoms with Gasteiger partial charge in [-0.15, -0.1) is 0 Å². The monoisotopic (exact) mass is 379 g/mol. The van der Waals surface area contributed by atoms with Gasteiger partial charge in [-0.1, -0.05) is 42.5 Å². The Morgan fingerprint density at radius 2 is 1.89 bits per heavy atom. The normalized spacial score (nSPS) is 11.5. The molecule has 0 saturated heterocycles. The van der Waals surface area contributed by atoms with Gasteiger partial charge >= 0.3 is 0 Å². The minimum Gasteiger partial charge on any atom is -0.395 e. The van der Waals surface area contributed by atoms with Gasteiger partial charge in [0.15, 0.2) is 0 Å². The molecule has 0 unspecified atom stereocenters. The van der Waals surface area contributed by atoms with E-state index in [9.17, 15) is 9.90 Å². The lowest BCUT2D eigenvalue weighted by atomic mass is 10.1. The third-order valence-corrected chi connectivity index (χ3v) is 4.62. The van der Waals surface area contributed by atoms with Crippen LogP contribution >= 0.6 is 0 Å². The molecule has 4 N–H and O–H groups in total. The van der Waals surface area contributed by atoms with E-state index in [1.165, 1.54) is 17.2 Å². The molecular formula is C22H25N3O3. The molecule has 146 valence electrons. The summed E-state index contributed by atoms with van der Waals surface area (Å²) in [6, 6.07) is 18.3. The van der Waals surface area contributed by atoms with E-state index in [-0.39, 0.29) is 6.61 Å². The fourth-order valence-corrected chi connectivity index (χ4v) is 3.16. The second-order valence-electron chi connectivity index (χ2n) is 6.68. The number of carbonyl (C=O) groups is 1. The van der Waals surface area contributed by atoms with Crippen LogP contribution in [-0.4, -0.2) is 45.8 Å². The lowest BCUT2D eigenvalue weighted by Gasteiger charge is -2.21. The molecule has 0 saturated carbocycles. The summed E-state index contributed by atoms with van der Waals surface area (Å²) in [4.78, 5) is 16.7. The topological polar surface area (TPSA) is 88.6 Å². The van der Waals surface area contributed by atoms with Crippen LogP contribution in [0.1, 0.15) is 16.8 Å². The Labute approximate surface area is 164 Å². The van der Waals surface area contributed by atoms with Crippen LogP contribution in [0.5, 0.6) is 0 Å². The van der Waals surface area contributed by atoms with Gasteiger partial charge in [0, 0.05) is 43.3 Å². The van der Waals surface area contributed by atoms with Crippen molar-refractivity contribution in [1.29, 1.82) is 0 Å². The second kappa shape index (κ2) is 9.85. The van der Waals surface area contributed by atoms with Gasteiger partial charge in [0.25, 0.3) is 5.91 Å². The van der Waals surface area contributed by atoms with E-state index in [4.69, 9.17) is 5.21 Å². The van der Waals surface area contributed by atoms with Crippen LogP contribution in [0.2, 0.25) is 0 Å². The Kier molecular flexibility index (Phi) is 6.97. The van der Waals surface area contributed by atoms with Crippen LogP contribution in [0.4, 0.5) is 0 Å². The maximum absolute atomic E-state index is 11.0. The second-order valence-corrected chi connectivity index (χ2v) is 6.68. The lowest BCUT2D eigenvalue weighted by Crippen LogP contribution is -2.28. The number of rotatable bonds is 9. The zero-order valence-electron chi connectivity index (χ0n) is 15.6. The van der Waals surface area contributed by atoms with Crippen LogP contribution in [-0.2, 0) is 17.8 Å². The van der Waals surface area contributed by atoms with Crippen LogP contribution < -0.4 is 5.48 Å². The molecule has 0 aliphatic carbocycles. The van der Waals surface area contributed by atoms with Crippen LogP contribution in [0.25, 0.3) is 17.0 Å². The van der Waals surface area contributed by atoms with Gasteiger partial charge in [-0.05, 0) is 34.7 Å². The highest BCUT2D eigenvalue weighted by Gasteiger charge is 2.08. The van der Waals surface area contributed by atoms with Gasteiger partial charge in [0.1, 0.15) is 0 Å². The number of hydrogen-bond acceptors (Lipinski definition) is 4. The number of nitrogens with one attached hydrogen (secondary N) is 2. The standard InChI is InChI=1S/C22H25N3O3/c26-14-13-25(12-11-20-15-19-3-1-2-4-21(19)23-20)16-18-7-5-17(6-8-18)9-10-22(27)24-28/h1-10,15,23,26,28H,11-14,16H2,(H,24,27). The van der Waals surface area contributed by atoms with E-state index < -0.39 is 5.91 Å². The van der Waals surface area contributed by atoms with Gasteiger partial charge in [-0.2, -0.15) is 0 Å². The minimum absolute atomic E-state index is 0.115. The van der Waals surface area contributed by atoms with Gasteiger partial charge in [0.2, 0.25) is 0 Å². The van der Waals surface area contributed by atoms with Crippen molar-refractivity contribution < 1.29 is 15.1 Å². The number of nitrogens with zero attached hydrogens (tertiary/aromatic N) is 1. The smallest absolute Gasteiger partial charge is 0.267 e. The Hall–Kier alpha value is -2.93. The Balaban J connectivity index is 1.59. The van der Waals surface area contributed by atoms with Gasteiger partial charge < -0.3 is 10.1 Å². The molecule has 0 fully saturated rings. The van der Waals surface area contributed by atoms with Crippen molar-refractivity contribution in [2.45, 2.75) is 13.0 Å². The molecule has 2 aromatic carbocycles. The third kappa shape index (κ3) is 5.53. The number of hydrogen-bond donors (Lipinski definition) is 4. The molecule has 0 aliphatic heterocycles.